The summed E-state index contributed by atoms with van der Waals surface area (Å²) >= 11 is 0. The summed E-state index contributed by atoms with van der Waals surface area (Å²) < 4.78 is 42.7. The molecule has 0 fully saturated rings. The monoisotopic (exact) mass is 351 g/mol. The summed E-state index contributed by atoms with van der Waals surface area (Å²) in [5.41, 5.74) is -0.324. The van der Waals surface area contributed by atoms with Crippen LogP contribution in [0.25, 0.3) is 0 Å². The number of aromatic nitrogens is 1. The number of benzene rings is 1. The van der Waals surface area contributed by atoms with Crippen LogP contribution in [0.2, 0.25) is 0 Å². The fourth-order valence-corrected chi connectivity index (χ4v) is 2.07. The number of nitrogens with zero attached hydrogens (tertiary/aromatic N) is 3. The zero-order valence-corrected chi connectivity index (χ0v) is 13.4. The second kappa shape index (κ2) is 7.85. The number of alkyl halides is 3. The van der Waals surface area contributed by atoms with Gasteiger partial charge in [0.05, 0.1) is 11.1 Å². The molecular formula is C17H16F3N3O2. The molecule has 0 aliphatic rings. The third-order valence-electron chi connectivity index (χ3n) is 3.38. The molecule has 2 aromatic rings. The first-order valence-electron chi connectivity index (χ1n) is 7.35. The number of anilines is 1. The van der Waals surface area contributed by atoms with Gasteiger partial charge in [-0.3, -0.25) is 0 Å². The van der Waals surface area contributed by atoms with Crippen LogP contribution in [0.1, 0.15) is 11.1 Å². The highest BCUT2D eigenvalue weighted by atomic mass is 19.4. The molecule has 1 aromatic heterocycles. The first kappa shape index (κ1) is 18.5. The first-order valence-corrected chi connectivity index (χ1v) is 7.35. The van der Waals surface area contributed by atoms with E-state index < -0.39 is 17.8 Å². The molecule has 1 aromatic carbocycles. The van der Waals surface area contributed by atoms with Crippen LogP contribution in [0, 0.1) is 11.3 Å². The highest BCUT2D eigenvalue weighted by molar-refractivity contribution is 5.41. The van der Waals surface area contributed by atoms with E-state index in [0.717, 1.165) is 12.1 Å². The fourth-order valence-electron chi connectivity index (χ4n) is 2.07. The van der Waals surface area contributed by atoms with E-state index in [1.165, 1.54) is 18.3 Å². The number of hydrogen-bond donors (Lipinski definition) is 1. The minimum Gasteiger partial charge on any atom is -0.491 e. The maximum absolute atomic E-state index is 12.5. The van der Waals surface area contributed by atoms with Gasteiger partial charge < -0.3 is 14.7 Å². The molecule has 0 unspecified atom stereocenters. The number of rotatable bonds is 6. The lowest BCUT2D eigenvalue weighted by Crippen LogP contribution is -2.33. The molecule has 0 aliphatic heterocycles. The average Bonchev–Trinajstić information content (AvgIpc) is 2.59. The lowest BCUT2D eigenvalue weighted by molar-refractivity contribution is -0.137. The van der Waals surface area contributed by atoms with Gasteiger partial charge in [-0.1, -0.05) is 0 Å². The zero-order chi connectivity index (χ0) is 18.4. The van der Waals surface area contributed by atoms with Crippen molar-refractivity contribution >= 4 is 5.82 Å². The Morgan fingerprint density at radius 1 is 1.24 bits per heavy atom. The van der Waals surface area contributed by atoms with Gasteiger partial charge >= 0.3 is 6.18 Å². The second-order valence-electron chi connectivity index (χ2n) is 5.38. The summed E-state index contributed by atoms with van der Waals surface area (Å²) in [5.74, 6) is 0.818. The second-order valence-corrected chi connectivity index (χ2v) is 5.38. The van der Waals surface area contributed by atoms with Gasteiger partial charge in [-0.25, -0.2) is 4.98 Å². The molecule has 0 saturated carbocycles. The highest BCUT2D eigenvalue weighted by Gasteiger charge is 2.30. The number of aliphatic hydroxyl groups is 1. The predicted octanol–water partition coefficient (Wildman–Crippen LogP) is 2.85. The third-order valence-corrected chi connectivity index (χ3v) is 3.38. The SMILES string of the molecule is CN(C[C@@H](O)COc1ccc(C(F)(F)F)cc1)c1ccc(C#N)cn1. The van der Waals surface area contributed by atoms with Gasteiger partial charge in [0.15, 0.2) is 0 Å². The summed E-state index contributed by atoms with van der Waals surface area (Å²) in [6.45, 7) is 0.130. The Labute approximate surface area is 142 Å². The van der Waals surface area contributed by atoms with Crippen LogP contribution < -0.4 is 9.64 Å². The Kier molecular flexibility index (Phi) is 5.83. The largest absolute Gasteiger partial charge is 0.491 e. The third kappa shape index (κ3) is 5.36. The van der Waals surface area contributed by atoms with Crippen molar-refractivity contribution in [3.05, 3.63) is 53.7 Å². The van der Waals surface area contributed by atoms with Gasteiger partial charge in [0, 0.05) is 19.8 Å². The van der Waals surface area contributed by atoms with E-state index in [4.69, 9.17) is 10.00 Å². The van der Waals surface area contributed by atoms with Gasteiger partial charge in [0.1, 0.15) is 30.3 Å². The minimum absolute atomic E-state index is 0.0774. The van der Waals surface area contributed by atoms with E-state index in [1.807, 2.05) is 6.07 Å². The average molecular weight is 351 g/mol. The summed E-state index contributed by atoms with van der Waals surface area (Å²) in [6, 6.07) is 9.50. The van der Waals surface area contributed by atoms with Crippen LogP contribution in [-0.4, -0.2) is 36.4 Å². The molecule has 0 spiro atoms. The fraction of sp³-hybridized carbons (Fsp3) is 0.294. The number of ether oxygens (including phenoxy) is 1. The Hall–Kier alpha value is -2.79. The van der Waals surface area contributed by atoms with Crippen molar-refractivity contribution in [2.24, 2.45) is 0 Å². The molecule has 5 nitrogen and oxygen atoms in total. The van der Waals surface area contributed by atoms with Crippen LogP contribution in [0.4, 0.5) is 19.0 Å². The minimum atomic E-state index is -4.39. The van der Waals surface area contributed by atoms with Crippen LogP contribution >= 0.6 is 0 Å². The number of pyridine rings is 1. The van der Waals surface area contributed by atoms with E-state index in [-0.39, 0.29) is 18.9 Å². The van der Waals surface area contributed by atoms with Crippen LogP contribution in [0.3, 0.4) is 0 Å². The van der Waals surface area contributed by atoms with Crippen molar-refractivity contribution in [3.63, 3.8) is 0 Å². The van der Waals surface area contributed by atoms with E-state index >= 15 is 0 Å². The summed E-state index contributed by atoms with van der Waals surface area (Å²) in [5, 5.41) is 18.7. The van der Waals surface area contributed by atoms with Gasteiger partial charge in [0.25, 0.3) is 0 Å². The molecule has 132 valence electrons. The van der Waals surface area contributed by atoms with E-state index in [2.05, 4.69) is 4.98 Å². The van der Waals surface area contributed by atoms with Gasteiger partial charge in [-0.15, -0.1) is 0 Å². The number of hydrogen-bond acceptors (Lipinski definition) is 5. The standard InChI is InChI=1S/C17H16F3N3O2/c1-23(16-7-2-12(8-21)9-22-16)10-14(24)11-25-15-5-3-13(4-6-15)17(18,19)20/h2-7,9,14,24H,10-11H2,1H3/t14-/m1/s1. The number of likely N-dealkylation sites (N-methyl/N-ethyl adjacent to an activating group) is 1. The van der Waals surface area contributed by atoms with E-state index in [9.17, 15) is 18.3 Å². The zero-order valence-electron chi connectivity index (χ0n) is 13.4. The quantitative estimate of drug-likeness (QED) is 0.867. The summed E-state index contributed by atoms with van der Waals surface area (Å²) in [4.78, 5) is 5.78. The molecule has 0 saturated heterocycles. The van der Waals surface area contributed by atoms with E-state index in [0.29, 0.717) is 11.4 Å². The Morgan fingerprint density at radius 2 is 1.92 bits per heavy atom. The molecule has 8 heteroatoms. The summed E-state index contributed by atoms with van der Waals surface area (Å²) in [7, 11) is 1.72. The molecule has 0 aliphatic carbocycles. The Bertz CT molecular complexity index is 725. The Balaban J connectivity index is 1.85. The molecule has 25 heavy (non-hydrogen) atoms. The number of nitriles is 1. The number of aliphatic hydroxyl groups excluding tert-OH is 1. The van der Waals surface area contributed by atoms with Crippen LogP contribution in [0.15, 0.2) is 42.6 Å². The molecule has 0 amide bonds. The first-order chi connectivity index (χ1) is 11.8. The predicted molar refractivity (Wildman–Crippen MR) is 85.2 cm³/mol. The molecule has 1 atom stereocenters. The molecule has 0 radical (unpaired) electrons. The van der Waals surface area contributed by atoms with Crippen molar-refractivity contribution < 1.29 is 23.0 Å². The Morgan fingerprint density at radius 3 is 2.44 bits per heavy atom. The van der Waals surface area contributed by atoms with Crippen LogP contribution in [0.5, 0.6) is 5.75 Å². The van der Waals surface area contributed by atoms with Gasteiger partial charge in [-0.2, -0.15) is 18.4 Å². The smallest absolute Gasteiger partial charge is 0.416 e. The highest BCUT2D eigenvalue weighted by Crippen LogP contribution is 2.30. The maximum Gasteiger partial charge on any atom is 0.416 e. The molecule has 0 bridgehead atoms. The number of halogens is 3. The van der Waals surface area contributed by atoms with Crippen molar-refractivity contribution in [1.29, 1.82) is 5.26 Å². The molecule has 1 heterocycles. The molecule has 2 rings (SSSR count). The normalized spacial score (nSPS) is 12.3. The molecule has 1 N–H and O–H groups in total. The van der Waals surface area contributed by atoms with E-state index in [1.54, 1.807) is 24.1 Å². The summed E-state index contributed by atoms with van der Waals surface area (Å²) in [6.07, 6.45) is -3.84. The lowest BCUT2D eigenvalue weighted by Gasteiger charge is -2.22. The van der Waals surface area contributed by atoms with Crippen molar-refractivity contribution in [2.75, 3.05) is 25.1 Å². The van der Waals surface area contributed by atoms with Crippen molar-refractivity contribution in [2.45, 2.75) is 12.3 Å². The van der Waals surface area contributed by atoms with Crippen LogP contribution in [-0.2, 0) is 6.18 Å². The van der Waals surface area contributed by atoms with Crippen molar-refractivity contribution in [1.82, 2.24) is 4.98 Å². The van der Waals surface area contributed by atoms with Crippen molar-refractivity contribution in [3.8, 4) is 11.8 Å². The topological polar surface area (TPSA) is 69.4 Å². The van der Waals surface area contributed by atoms with Gasteiger partial charge in [-0.05, 0) is 36.4 Å². The maximum atomic E-state index is 12.5. The molecular weight excluding hydrogens is 335 g/mol. The van der Waals surface area contributed by atoms with Gasteiger partial charge in [0.2, 0.25) is 0 Å². The lowest BCUT2D eigenvalue weighted by atomic mass is 10.2.